The van der Waals surface area contributed by atoms with E-state index in [1.165, 1.54) is 6.42 Å². The van der Waals surface area contributed by atoms with Gasteiger partial charge in [0.1, 0.15) is 0 Å². The van der Waals surface area contributed by atoms with Crippen molar-refractivity contribution in [1.82, 2.24) is 5.32 Å². The highest BCUT2D eigenvalue weighted by molar-refractivity contribution is 5.16. The van der Waals surface area contributed by atoms with Crippen LogP contribution in [0.5, 0.6) is 0 Å². The number of likely N-dealkylation sites (N-methyl/N-ethyl adjacent to an activating group) is 1. The standard InChI is InChI=1S/C11H21NO/c1-4-12-9-7-8-5-6-11(9,13)10(8,2)3/h8-9,12-13H,4-7H2,1-3H3. The molecule has 0 aromatic carbocycles. The van der Waals surface area contributed by atoms with Crippen LogP contribution in [-0.4, -0.2) is 23.3 Å². The summed E-state index contributed by atoms with van der Waals surface area (Å²) in [5.41, 5.74) is -0.312. The lowest BCUT2D eigenvalue weighted by molar-refractivity contribution is -0.0484. The van der Waals surface area contributed by atoms with Crippen LogP contribution in [0.2, 0.25) is 0 Å². The summed E-state index contributed by atoms with van der Waals surface area (Å²) in [5.74, 6) is 0.724. The Morgan fingerprint density at radius 2 is 2.15 bits per heavy atom. The van der Waals surface area contributed by atoms with Crippen LogP contribution in [0.25, 0.3) is 0 Å². The summed E-state index contributed by atoms with van der Waals surface area (Å²) in [7, 11) is 0. The maximum absolute atomic E-state index is 10.6. The smallest absolute Gasteiger partial charge is 0.0853 e. The largest absolute Gasteiger partial charge is 0.388 e. The normalized spacial score (nSPS) is 47.1. The van der Waals surface area contributed by atoms with Gasteiger partial charge in [0.25, 0.3) is 0 Å². The minimum Gasteiger partial charge on any atom is -0.388 e. The zero-order chi connectivity index (χ0) is 9.69. The van der Waals surface area contributed by atoms with Gasteiger partial charge >= 0.3 is 0 Å². The monoisotopic (exact) mass is 183 g/mol. The molecule has 3 unspecified atom stereocenters. The number of aliphatic hydroxyl groups is 1. The second-order valence-corrected chi connectivity index (χ2v) is 5.23. The first-order valence-electron chi connectivity index (χ1n) is 5.48. The molecule has 0 amide bonds. The van der Waals surface area contributed by atoms with Crippen LogP contribution in [0.3, 0.4) is 0 Å². The van der Waals surface area contributed by atoms with Gasteiger partial charge in [-0.2, -0.15) is 0 Å². The summed E-state index contributed by atoms with van der Waals surface area (Å²) in [6.45, 7) is 7.53. The lowest BCUT2D eigenvalue weighted by atomic mass is 9.78. The molecule has 13 heavy (non-hydrogen) atoms. The Morgan fingerprint density at radius 1 is 1.46 bits per heavy atom. The maximum atomic E-state index is 10.6. The Hall–Kier alpha value is -0.0800. The number of hydrogen-bond donors (Lipinski definition) is 2. The lowest BCUT2D eigenvalue weighted by Gasteiger charge is -2.37. The lowest BCUT2D eigenvalue weighted by Crippen LogP contribution is -2.52. The van der Waals surface area contributed by atoms with Gasteiger partial charge in [0.15, 0.2) is 0 Å². The highest BCUT2D eigenvalue weighted by Crippen LogP contribution is 2.59. The Labute approximate surface area is 80.7 Å². The summed E-state index contributed by atoms with van der Waals surface area (Å²) < 4.78 is 0. The SMILES string of the molecule is CCNC1CC2CCC1(O)C2(C)C. The van der Waals surface area contributed by atoms with Crippen molar-refractivity contribution in [2.24, 2.45) is 11.3 Å². The van der Waals surface area contributed by atoms with Crippen molar-refractivity contribution in [1.29, 1.82) is 0 Å². The number of fused-ring (bicyclic) bond motifs is 2. The minimum atomic E-state index is -0.437. The van der Waals surface area contributed by atoms with E-state index in [2.05, 4.69) is 26.1 Å². The topological polar surface area (TPSA) is 32.3 Å². The molecule has 2 saturated carbocycles. The van der Waals surface area contributed by atoms with Crippen LogP contribution in [0.15, 0.2) is 0 Å². The quantitative estimate of drug-likeness (QED) is 0.680. The average Bonchev–Trinajstić information content (AvgIpc) is 2.37. The molecule has 3 atom stereocenters. The van der Waals surface area contributed by atoms with Gasteiger partial charge in [0.2, 0.25) is 0 Å². The highest BCUT2D eigenvalue weighted by Gasteiger charge is 2.63. The van der Waals surface area contributed by atoms with Gasteiger partial charge in [-0.15, -0.1) is 0 Å². The number of rotatable bonds is 2. The molecule has 2 rings (SSSR count). The van der Waals surface area contributed by atoms with Gasteiger partial charge in [-0.1, -0.05) is 20.8 Å². The molecule has 0 radical (unpaired) electrons. The van der Waals surface area contributed by atoms with Gasteiger partial charge < -0.3 is 10.4 Å². The van der Waals surface area contributed by atoms with Crippen LogP contribution < -0.4 is 5.32 Å². The van der Waals surface area contributed by atoms with Crippen LogP contribution in [-0.2, 0) is 0 Å². The zero-order valence-electron chi connectivity index (χ0n) is 8.93. The van der Waals surface area contributed by atoms with Gasteiger partial charge in [-0.3, -0.25) is 0 Å². The van der Waals surface area contributed by atoms with E-state index in [4.69, 9.17) is 0 Å². The van der Waals surface area contributed by atoms with Gasteiger partial charge in [-0.25, -0.2) is 0 Å². The van der Waals surface area contributed by atoms with Crippen molar-refractivity contribution in [2.45, 2.75) is 51.7 Å². The molecule has 0 spiro atoms. The molecule has 2 N–H and O–H groups in total. The van der Waals surface area contributed by atoms with Crippen LogP contribution >= 0.6 is 0 Å². The molecule has 2 bridgehead atoms. The fourth-order valence-electron chi connectivity index (χ4n) is 3.44. The second kappa shape index (κ2) is 2.71. The first kappa shape index (κ1) is 9.47. The molecule has 0 saturated heterocycles. The molecule has 76 valence electrons. The molecular weight excluding hydrogens is 162 g/mol. The van der Waals surface area contributed by atoms with Crippen molar-refractivity contribution in [3.05, 3.63) is 0 Å². The van der Waals surface area contributed by atoms with E-state index in [1.54, 1.807) is 0 Å². The second-order valence-electron chi connectivity index (χ2n) is 5.23. The van der Waals surface area contributed by atoms with Crippen LogP contribution in [0, 0.1) is 11.3 Å². The van der Waals surface area contributed by atoms with Crippen LogP contribution in [0.4, 0.5) is 0 Å². The third-order valence-electron chi connectivity index (χ3n) is 4.56. The average molecular weight is 183 g/mol. The molecule has 0 heterocycles. The summed E-state index contributed by atoms with van der Waals surface area (Å²) >= 11 is 0. The molecule has 0 aromatic rings. The van der Waals surface area contributed by atoms with E-state index in [0.717, 1.165) is 25.3 Å². The van der Waals surface area contributed by atoms with Gasteiger partial charge in [0.05, 0.1) is 5.60 Å². The van der Waals surface area contributed by atoms with Crippen molar-refractivity contribution < 1.29 is 5.11 Å². The minimum absolute atomic E-state index is 0.125. The predicted molar refractivity (Wildman–Crippen MR) is 53.5 cm³/mol. The zero-order valence-corrected chi connectivity index (χ0v) is 8.93. The van der Waals surface area contributed by atoms with Gasteiger partial charge in [-0.05, 0) is 37.1 Å². The van der Waals surface area contributed by atoms with E-state index in [9.17, 15) is 5.11 Å². The molecule has 0 aromatic heterocycles. The van der Waals surface area contributed by atoms with Gasteiger partial charge in [0, 0.05) is 6.04 Å². The molecule has 0 aliphatic heterocycles. The van der Waals surface area contributed by atoms with Crippen molar-refractivity contribution in [3.8, 4) is 0 Å². The van der Waals surface area contributed by atoms with E-state index in [-0.39, 0.29) is 5.41 Å². The highest BCUT2D eigenvalue weighted by atomic mass is 16.3. The fourth-order valence-corrected chi connectivity index (χ4v) is 3.44. The number of hydrogen-bond acceptors (Lipinski definition) is 2. The summed E-state index contributed by atoms with van der Waals surface area (Å²) in [4.78, 5) is 0. The Bertz CT molecular complexity index is 214. The van der Waals surface area contributed by atoms with Crippen molar-refractivity contribution in [2.75, 3.05) is 6.54 Å². The molecule has 2 aliphatic rings. The van der Waals surface area contributed by atoms with Crippen LogP contribution in [0.1, 0.15) is 40.0 Å². The summed E-state index contributed by atoms with van der Waals surface area (Å²) in [5, 5.41) is 14.0. The Kier molecular flexibility index (Phi) is 1.97. The van der Waals surface area contributed by atoms with Crippen molar-refractivity contribution >= 4 is 0 Å². The first-order chi connectivity index (χ1) is 6.02. The van der Waals surface area contributed by atoms with E-state index in [0.29, 0.717) is 6.04 Å². The molecule has 2 aliphatic carbocycles. The Balaban J connectivity index is 2.22. The van der Waals surface area contributed by atoms with E-state index in [1.807, 2.05) is 0 Å². The molecule has 2 heteroatoms. The molecular formula is C11H21NO. The molecule has 2 nitrogen and oxygen atoms in total. The Morgan fingerprint density at radius 3 is 2.54 bits per heavy atom. The molecule has 2 fully saturated rings. The predicted octanol–water partition coefficient (Wildman–Crippen LogP) is 1.54. The number of nitrogens with one attached hydrogen (secondary N) is 1. The third-order valence-corrected chi connectivity index (χ3v) is 4.56. The first-order valence-corrected chi connectivity index (χ1v) is 5.48. The summed E-state index contributed by atoms with van der Waals surface area (Å²) in [6.07, 6.45) is 3.37. The van der Waals surface area contributed by atoms with E-state index >= 15 is 0 Å². The maximum Gasteiger partial charge on any atom is 0.0853 e. The van der Waals surface area contributed by atoms with Crippen molar-refractivity contribution in [3.63, 3.8) is 0 Å². The third kappa shape index (κ3) is 1.02. The summed E-state index contributed by atoms with van der Waals surface area (Å²) in [6, 6.07) is 0.339. The van der Waals surface area contributed by atoms with E-state index < -0.39 is 5.60 Å². The fraction of sp³-hybridized carbons (Fsp3) is 1.00.